The first-order valence-electron chi connectivity index (χ1n) is 7.83. The molecule has 2 amide bonds. The Kier molecular flexibility index (Phi) is 5.60. The maximum atomic E-state index is 11.9. The number of carbonyl (C=O) groups is 2. The molecule has 0 unspecified atom stereocenters. The number of carbonyl (C=O) groups excluding carboxylic acids is 2. The molecular weight excluding hydrogens is 334 g/mol. The lowest BCUT2D eigenvalue weighted by Crippen LogP contribution is -2.40. The van der Waals surface area contributed by atoms with E-state index in [1.165, 1.54) is 4.31 Å². The van der Waals surface area contributed by atoms with Gasteiger partial charge in [0.1, 0.15) is 0 Å². The SMILES string of the molecule is Cc1cn(C(C)C)nc1NC(=O)C(=O)NCCN1CCCS1(=O)=O. The highest BCUT2D eigenvalue weighted by Crippen LogP contribution is 2.15. The monoisotopic (exact) mass is 357 g/mol. The lowest BCUT2D eigenvalue weighted by atomic mass is 10.3. The molecule has 134 valence electrons. The number of hydrogen-bond acceptors (Lipinski definition) is 5. The zero-order valence-corrected chi connectivity index (χ0v) is 14.9. The number of amides is 2. The Morgan fingerprint density at radius 3 is 2.58 bits per heavy atom. The van der Waals surface area contributed by atoms with Crippen LogP contribution in [0.2, 0.25) is 0 Å². The summed E-state index contributed by atoms with van der Waals surface area (Å²) in [5.74, 6) is -1.16. The van der Waals surface area contributed by atoms with Crippen molar-refractivity contribution in [2.24, 2.45) is 0 Å². The van der Waals surface area contributed by atoms with Crippen LogP contribution in [0.3, 0.4) is 0 Å². The van der Waals surface area contributed by atoms with Gasteiger partial charge in [-0.1, -0.05) is 0 Å². The fourth-order valence-electron chi connectivity index (χ4n) is 2.35. The number of sulfonamides is 1. The Hall–Kier alpha value is -1.94. The lowest BCUT2D eigenvalue weighted by Gasteiger charge is -2.14. The van der Waals surface area contributed by atoms with Gasteiger partial charge < -0.3 is 10.6 Å². The Bertz CT molecular complexity index is 726. The third-order valence-corrected chi connectivity index (χ3v) is 5.69. The first-order valence-corrected chi connectivity index (χ1v) is 9.44. The number of nitrogens with one attached hydrogen (secondary N) is 2. The molecule has 0 saturated carbocycles. The molecule has 0 atom stereocenters. The molecule has 1 aliphatic rings. The molecule has 0 radical (unpaired) electrons. The summed E-state index contributed by atoms with van der Waals surface area (Å²) in [6.45, 7) is 6.41. The predicted molar refractivity (Wildman–Crippen MR) is 89.0 cm³/mol. The van der Waals surface area contributed by atoms with Gasteiger partial charge in [-0.25, -0.2) is 12.7 Å². The molecule has 0 spiro atoms. The minimum absolute atomic E-state index is 0.0882. The first-order chi connectivity index (χ1) is 11.2. The molecule has 2 N–H and O–H groups in total. The van der Waals surface area contributed by atoms with E-state index in [9.17, 15) is 18.0 Å². The minimum Gasteiger partial charge on any atom is -0.347 e. The quantitative estimate of drug-likeness (QED) is 0.712. The molecule has 10 heteroatoms. The van der Waals surface area contributed by atoms with Crippen molar-refractivity contribution in [3.63, 3.8) is 0 Å². The van der Waals surface area contributed by atoms with Crippen molar-refractivity contribution in [3.05, 3.63) is 11.8 Å². The normalized spacial score (nSPS) is 17.2. The molecule has 1 fully saturated rings. The second-order valence-electron chi connectivity index (χ2n) is 6.01. The van der Waals surface area contributed by atoms with Crippen LogP contribution in [0.25, 0.3) is 0 Å². The summed E-state index contributed by atoms with van der Waals surface area (Å²) in [6, 6.07) is 0.144. The number of aryl methyl sites for hydroxylation is 1. The Morgan fingerprint density at radius 1 is 1.33 bits per heavy atom. The van der Waals surface area contributed by atoms with Gasteiger partial charge in [0.15, 0.2) is 5.82 Å². The fraction of sp³-hybridized carbons (Fsp3) is 0.643. The van der Waals surface area contributed by atoms with Crippen LogP contribution >= 0.6 is 0 Å². The summed E-state index contributed by atoms with van der Waals surface area (Å²) < 4.78 is 26.3. The number of nitrogens with zero attached hydrogens (tertiary/aromatic N) is 3. The van der Waals surface area contributed by atoms with Gasteiger partial charge >= 0.3 is 11.8 Å². The van der Waals surface area contributed by atoms with E-state index in [0.29, 0.717) is 18.8 Å². The molecule has 1 aromatic heterocycles. The molecule has 1 aromatic rings. The first kappa shape index (κ1) is 18.4. The maximum absolute atomic E-state index is 11.9. The summed E-state index contributed by atoms with van der Waals surface area (Å²) in [6.07, 6.45) is 2.38. The van der Waals surface area contributed by atoms with E-state index in [0.717, 1.165) is 5.56 Å². The van der Waals surface area contributed by atoms with Gasteiger partial charge in [-0.2, -0.15) is 5.10 Å². The Balaban J connectivity index is 1.83. The fourth-order valence-corrected chi connectivity index (χ4v) is 3.88. The summed E-state index contributed by atoms with van der Waals surface area (Å²) in [5, 5.41) is 9.10. The van der Waals surface area contributed by atoms with Gasteiger partial charge in [0.2, 0.25) is 10.0 Å². The van der Waals surface area contributed by atoms with Crippen LogP contribution in [0.1, 0.15) is 31.9 Å². The van der Waals surface area contributed by atoms with Crippen molar-refractivity contribution in [3.8, 4) is 0 Å². The van der Waals surface area contributed by atoms with E-state index >= 15 is 0 Å². The standard InChI is InChI=1S/C14H23N5O4S/c1-10(2)19-9-11(3)12(17-19)16-14(21)13(20)15-5-7-18-6-4-8-24(18,22)23/h9-10H,4-8H2,1-3H3,(H,15,20)(H,16,17,21). The van der Waals surface area contributed by atoms with E-state index < -0.39 is 21.8 Å². The van der Waals surface area contributed by atoms with Gasteiger partial charge in [-0.15, -0.1) is 0 Å². The highest BCUT2D eigenvalue weighted by atomic mass is 32.2. The van der Waals surface area contributed by atoms with Gasteiger partial charge in [0.25, 0.3) is 0 Å². The second-order valence-corrected chi connectivity index (χ2v) is 8.10. The van der Waals surface area contributed by atoms with E-state index in [-0.39, 0.29) is 24.9 Å². The average molecular weight is 357 g/mol. The molecule has 0 bridgehead atoms. The molecule has 1 saturated heterocycles. The average Bonchev–Trinajstić information content (AvgIpc) is 3.02. The van der Waals surface area contributed by atoms with Crippen molar-refractivity contribution < 1.29 is 18.0 Å². The highest BCUT2D eigenvalue weighted by Gasteiger charge is 2.27. The highest BCUT2D eigenvalue weighted by molar-refractivity contribution is 7.89. The summed E-state index contributed by atoms with van der Waals surface area (Å²) in [5.41, 5.74) is 0.757. The van der Waals surface area contributed by atoms with Crippen LogP contribution in [-0.4, -0.2) is 59.7 Å². The predicted octanol–water partition coefficient (Wildman–Crippen LogP) is -0.137. The third-order valence-electron chi connectivity index (χ3n) is 3.73. The number of aromatic nitrogens is 2. The van der Waals surface area contributed by atoms with E-state index in [4.69, 9.17) is 0 Å². The molecule has 24 heavy (non-hydrogen) atoms. The zero-order valence-electron chi connectivity index (χ0n) is 14.1. The van der Waals surface area contributed by atoms with E-state index in [1.807, 2.05) is 13.8 Å². The Morgan fingerprint density at radius 2 is 2.04 bits per heavy atom. The summed E-state index contributed by atoms with van der Waals surface area (Å²) in [4.78, 5) is 23.7. The smallest absolute Gasteiger partial charge is 0.314 e. The number of hydrogen-bond donors (Lipinski definition) is 2. The minimum atomic E-state index is -3.20. The molecule has 2 heterocycles. The Labute approximate surface area is 141 Å². The molecular formula is C14H23N5O4S. The topological polar surface area (TPSA) is 113 Å². The number of anilines is 1. The number of rotatable bonds is 5. The molecule has 1 aliphatic heterocycles. The van der Waals surface area contributed by atoms with Crippen molar-refractivity contribution in [2.75, 3.05) is 30.7 Å². The summed E-state index contributed by atoms with van der Waals surface area (Å²) in [7, 11) is -3.20. The van der Waals surface area contributed by atoms with Crippen LogP contribution in [0.5, 0.6) is 0 Å². The third kappa shape index (κ3) is 4.32. The molecule has 0 aliphatic carbocycles. The van der Waals surface area contributed by atoms with Crippen molar-refractivity contribution in [2.45, 2.75) is 33.2 Å². The van der Waals surface area contributed by atoms with Crippen LogP contribution in [0, 0.1) is 6.92 Å². The van der Waals surface area contributed by atoms with Crippen LogP contribution in [0.4, 0.5) is 5.82 Å². The lowest BCUT2D eigenvalue weighted by molar-refractivity contribution is -0.136. The van der Waals surface area contributed by atoms with Gasteiger partial charge in [0.05, 0.1) is 5.75 Å². The maximum Gasteiger partial charge on any atom is 0.314 e. The van der Waals surface area contributed by atoms with E-state index in [1.54, 1.807) is 17.8 Å². The van der Waals surface area contributed by atoms with Crippen LogP contribution in [-0.2, 0) is 19.6 Å². The second kappa shape index (κ2) is 7.31. The molecule has 9 nitrogen and oxygen atoms in total. The zero-order chi connectivity index (χ0) is 17.9. The van der Waals surface area contributed by atoms with Gasteiger partial charge in [0, 0.05) is 37.4 Å². The van der Waals surface area contributed by atoms with Crippen molar-refractivity contribution in [1.82, 2.24) is 19.4 Å². The van der Waals surface area contributed by atoms with Crippen LogP contribution < -0.4 is 10.6 Å². The summed E-state index contributed by atoms with van der Waals surface area (Å²) >= 11 is 0. The largest absolute Gasteiger partial charge is 0.347 e. The molecule has 2 rings (SSSR count). The van der Waals surface area contributed by atoms with Gasteiger partial charge in [-0.3, -0.25) is 14.3 Å². The molecule has 0 aromatic carbocycles. The van der Waals surface area contributed by atoms with E-state index in [2.05, 4.69) is 15.7 Å². The van der Waals surface area contributed by atoms with Gasteiger partial charge in [-0.05, 0) is 27.2 Å². The van der Waals surface area contributed by atoms with Crippen molar-refractivity contribution in [1.29, 1.82) is 0 Å². The van der Waals surface area contributed by atoms with Crippen molar-refractivity contribution >= 4 is 27.7 Å². The van der Waals surface area contributed by atoms with Crippen LogP contribution in [0.15, 0.2) is 6.20 Å².